The number of amides is 1. The first-order valence-corrected chi connectivity index (χ1v) is 10.3. The average molecular weight is 460 g/mol. The lowest BCUT2D eigenvalue weighted by Gasteiger charge is -2.31. The van der Waals surface area contributed by atoms with E-state index in [0.717, 1.165) is 17.7 Å². The van der Waals surface area contributed by atoms with Crippen molar-refractivity contribution in [3.05, 3.63) is 47.3 Å². The molecule has 0 saturated heterocycles. The normalized spacial score (nSPS) is 14.2. The molecule has 0 bridgehead atoms. The molecule has 0 saturated carbocycles. The third-order valence-corrected chi connectivity index (χ3v) is 5.03. The fraction of sp³-hybridized carbons (Fsp3) is 0.409. The van der Waals surface area contributed by atoms with Crippen LogP contribution in [0.5, 0.6) is 0 Å². The Kier molecular flexibility index (Phi) is 5.59. The van der Waals surface area contributed by atoms with Crippen LogP contribution in [0.3, 0.4) is 0 Å². The smallest absolute Gasteiger partial charge is 0.416 e. The van der Waals surface area contributed by atoms with Gasteiger partial charge in [0, 0.05) is 24.7 Å². The number of rotatable bonds is 2. The number of carbonyl (C=O) groups excluding carboxylic acids is 1. The first kappa shape index (κ1) is 22.7. The Morgan fingerprint density at radius 3 is 2.36 bits per heavy atom. The summed E-state index contributed by atoms with van der Waals surface area (Å²) in [5.74, 6) is 0.245. The lowest BCUT2D eigenvalue weighted by molar-refractivity contribution is -0.137. The second-order valence-electron chi connectivity index (χ2n) is 8.83. The number of hydrogen-bond acceptors (Lipinski definition) is 6. The molecule has 0 radical (unpaired) electrons. The molecular weight excluding hydrogens is 437 g/mol. The summed E-state index contributed by atoms with van der Waals surface area (Å²) in [6, 6.07) is 4.65. The molecule has 0 unspecified atom stereocenters. The van der Waals surface area contributed by atoms with E-state index in [4.69, 9.17) is 4.74 Å². The maximum absolute atomic E-state index is 13.0. The Bertz CT molecular complexity index is 1180. The summed E-state index contributed by atoms with van der Waals surface area (Å²) in [4.78, 5) is 23.4. The second kappa shape index (κ2) is 8.13. The number of carbonyl (C=O) groups is 1. The van der Waals surface area contributed by atoms with Gasteiger partial charge in [-0.1, -0.05) is 17.3 Å². The third-order valence-electron chi connectivity index (χ3n) is 5.03. The lowest BCUT2D eigenvalue weighted by atomic mass is 10.0. The fourth-order valence-corrected chi connectivity index (χ4v) is 3.52. The minimum atomic E-state index is -4.44. The molecule has 2 aromatic heterocycles. The van der Waals surface area contributed by atoms with E-state index >= 15 is 0 Å². The molecule has 3 heterocycles. The van der Waals surface area contributed by atoms with Crippen LogP contribution in [0.25, 0.3) is 22.8 Å². The molecule has 3 aromatic rings. The second-order valence-corrected chi connectivity index (χ2v) is 8.83. The average Bonchev–Trinajstić information content (AvgIpc) is 3.17. The van der Waals surface area contributed by atoms with Gasteiger partial charge in [-0.2, -0.15) is 13.2 Å². The zero-order valence-electron chi connectivity index (χ0n) is 18.6. The number of alkyl halides is 3. The highest BCUT2D eigenvalue weighted by Crippen LogP contribution is 2.33. The van der Waals surface area contributed by atoms with Crippen LogP contribution in [0, 0.1) is 0 Å². The number of fused-ring (bicyclic) bond motifs is 1. The highest BCUT2D eigenvalue weighted by Gasteiger charge is 2.31. The number of nitrogens with zero attached hydrogens (tertiary/aromatic N) is 6. The van der Waals surface area contributed by atoms with Gasteiger partial charge < -0.3 is 9.64 Å². The van der Waals surface area contributed by atoms with Crippen LogP contribution in [-0.4, -0.2) is 48.1 Å². The van der Waals surface area contributed by atoms with E-state index in [0.29, 0.717) is 35.6 Å². The van der Waals surface area contributed by atoms with Crippen molar-refractivity contribution in [1.82, 2.24) is 29.9 Å². The van der Waals surface area contributed by atoms with E-state index in [2.05, 4.69) is 20.3 Å². The Labute approximate surface area is 188 Å². The Morgan fingerprint density at radius 2 is 1.79 bits per heavy atom. The molecule has 33 heavy (non-hydrogen) atoms. The van der Waals surface area contributed by atoms with E-state index in [1.165, 1.54) is 16.8 Å². The quantitative estimate of drug-likeness (QED) is 0.568. The molecular formula is C22H23F3N6O2. The molecule has 8 nitrogen and oxygen atoms in total. The van der Waals surface area contributed by atoms with Gasteiger partial charge in [0.1, 0.15) is 11.3 Å². The summed E-state index contributed by atoms with van der Waals surface area (Å²) in [5, 5.41) is 8.11. The van der Waals surface area contributed by atoms with Gasteiger partial charge in [-0.15, -0.1) is 5.10 Å². The number of hydrogen-bond donors (Lipinski definition) is 0. The lowest BCUT2D eigenvalue weighted by Crippen LogP contribution is -2.40. The van der Waals surface area contributed by atoms with Crippen molar-refractivity contribution in [3.8, 4) is 22.8 Å². The van der Waals surface area contributed by atoms with Gasteiger partial charge >= 0.3 is 12.3 Å². The topological polar surface area (TPSA) is 86.0 Å². The van der Waals surface area contributed by atoms with Crippen LogP contribution in [0.1, 0.15) is 37.6 Å². The fourth-order valence-electron chi connectivity index (χ4n) is 3.52. The molecule has 11 heteroatoms. The standard InChI is InChI=1S/C22H23F3N6O2/c1-21(2,3)33-20(32)31-10-9-15-16(12-31)26-19(27-18(15)17-11-30(4)29-28-17)13-5-7-14(8-6-13)22(23,24)25/h5-8,11H,9-10,12H2,1-4H3. The maximum Gasteiger partial charge on any atom is 0.416 e. The van der Waals surface area contributed by atoms with Gasteiger partial charge in [0.2, 0.25) is 0 Å². The van der Waals surface area contributed by atoms with Gasteiger partial charge in [-0.25, -0.2) is 14.8 Å². The SMILES string of the molecule is Cn1cc(-c2nc(-c3ccc(C(F)(F)F)cc3)nc3c2CCN(C(=O)OC(C)(C)C)C3)nn1. The Morgan fingerprint density at radius 1 is 1.09 bits per heavy atom. The zero-order chi connectivity index (χ0) is 24.0. The summed E-state index contributed by atoms with van der Waals surface area (Å²) in [6.45, 7) is 5.98. The van der Waals surface area contributed by atoms with Crippen molar-refractivity contribution in [1.29, 1.82) is 0 Å². The van der Waals surface area contributed by atoms with Crippen molar-refractivity contribution in [2.75, 3.05) is 6.54 Å². The van der Waals surface area contributed by atoms with Crippen LogP contribution in [0.4, 0.5) is 18.0 Å². The molecule has 1 aromatic carbocycles. The number of aromatic nitrogens is 5. The molecule has 0 spiro atoms. The number of halogens is 3. The van der Waals surface area contributed by atoms with Crippen molar-refractivity contribution in [2.24, 2.45) is 7.05 Å². The van der Waals surface area contributed by atoms with Gasteiger partial charge in [0.05, 0.1) is 29.7 Å². The summed E-state index contributed by atoms with van der Waals surface area (Å²) in [6.07, 6.45) is -2.70. The monoisotopic (exact) mass is 460 g/mol. The molecule has 1 amide bonds. The molecule has 0 aliphatic carbocycles. The zero-order valence-corrected chi connectivity index (χ0v) is 18.6. The van der Waals surface area contributed by atoms with E-state index < -0.39 is 23.4 Å². The largest absolute Gasteiger partial charge is 0.444 e. The van der Waals surface area contributed by atoms with Crippen LogP contribution >= 0.6 is 0 Å². The molecule has 0 fully saturated rings. The number of ether oxygens (including phenoxy) is 1. The third kappa shape index (κ3) is 4.96. The highest BCUT2D eigenvalue weighted by atomic mass is 19.4. The van der Waals surface area contributed by atoms with Crippen LogP contribution < -0.4 is 0 Å². The van der Waals surface area contributed by atoms with Crippen molar-refractivity contribution >= 4 is 6.09 Å². The van der Waals surface area contributed by atoms with Gasteiger partial charge in [0.15, 0.2) is 5.82 Å². The van der Waals surface area contributed by atoms with E-state index in [9.17, 15) is 18.0 Å². The van der Waals surface area contributed by atoms with Gasteiger partial charge in [-0.3, -0.25) is 4.68 Å². The van der Waals surface area contributed by atoms with Gasteiger partial charge in [0.25, 0.3) is 0 Å². The number of benzene rings is 1. The Hall–Kier alpha value is -3.50. The highest BCUT2D eigenvalue weighted by molar-refractivity contribution is 5.70. The first-order valence-electron chi connectivity index (χ1n) is 10.3. The van der Waals surface area contributed by atoms with E-state index in [1.807, 2.05) is 0 Å². The predicted molar refractivity (Wildman–Crippen MR) is 113 cm³/mol. The predicted octanol–water partition coefficient (Wildman–Crippen LogP) is 4.25. The minimum Gasteiger partial charge on any atom is -0.444 e. The molecule has 0 atom stereocenters. The minimum absolute atomic E-state index is 0.188. The van der Waals surface area contributed by atoms with Crippen molar-refractivity contribution in [3.63, 3.8) is 0 Å². The van der Waals surface area contributed by atoms with Crippen LogP contribution in [0.2, 0.25) is 0 Å². The molecule has 0 N–H and O–H groups in total. The summed E-state index contributed by atoms with van der Waals surface area (Å²) in [5.41, 5.74) is 1.52. The molecule has 4 rings (SSSR count). The van der Waals surface area contributed by atoms with Crippen LogP contribution in [-0.2, 0) is 30.9 Å². The van der Waals surface area contributed by atoms with E-state index in [-0.39, 0.29) is 12.4 Å². The summed E-state index contributed by atoms with van der Waals surface area (Å²) in [7, 11) is 1.73. The Balaban J connectivity index is 1.75. The van der Waals surface area contributed by atoms with E-state index in [1.54, 1.807) is 38.9 Å². The van der Waals surface area contributed by atoms with Crippen molar-refractivity contribution in [2.45, 2.75) is 45.5 Å². The van der Waals surface area contributed by atoms with Crippen molar-refractivity contribution < 1.29 is 22.7 Å². The summed E-state index contributed by atoms with van der Waals surface area (Å²) >= 11 is 0. The molecule has 174 valence electrons. The van der Waals surface area contributed by atoms with Gasteiger partial charge in [-0.05, 0) is 39.3 Å². The first-order chi connectivity index (χ1) is 15.4. The van der Waals surface area contributed by atoms with Crippen LogP contribution in [0.15, 0.2) is 30.5 Å². The summed E-state index contributed by atoms with van der Waals surface area (Å²) < 4.78 is 45.9. The molecule has 1 aliphatic rings. The molecule has 1 aliphatic heterocycles. The number of aryl methyl sites for hydroxylation is 1. The maximum atomic E-state index is 13.0.